The van der Waals surface area contributed by atoms with Crippen LogP contribution in [0.4, 0.5) is 13.2 Å². The highest BCUT2D eigenvalue weighted by molar-refractivity contribution is 14.0. The maximum atomic E-state index is 12.1. The Morgan fingerprint density at radius 2 is 1.81 bits per heavy atom. The third kappa shape index (κ3) is 12.7. The van der Waals surface area contributed by atoms with E-state index in [1.807, 2.05) is 7.05 Å². The van der Waals surface area contributed by atoms with Gasteiger partial charge in [0.05, 0.1) is 6.61 Å². The molecule has 1 aromatic rings. The van der Waals surface area contributed by atoms with Crippen LogP contribution in [0.15, 0.2) is 29.3 Å². The second-order valence-corrected chi connectivity index (χ2v) is 5.70. The molecule has 156 valence electrons. The fraction of sp³-hybridized carbons (Fsp3) is 0.588. The van der Waals surface area contributed by atoms with Crippen molar-refractivity contribution in [2.75, 3.05) is 54.1 Å². The minimum atomic E-state index is -4.34. The Morgan fingerprint density at radius 3 is 2.37 bits per heavy atom. The predicted molar refractivity (Wildman–Crippen MR) is 111 cm³/mol. The molecule has 0 heterocycles. The second kappa shape index (κ2) is 13.8. The maximum Gasteiger partial charge on any atom is 0.422 e. The molecule has 0 aliphatic heterocycles. The average molecular weight is 504 g/mol. The smallest absolute Gasteiger partial charge is 0.422 e. The molecule has 1 aromatic carbocycles. The third-order valence-corrected chi connectivity index (χ3v) is 3.47. The highest BCUT2D eigenvalue weighted by atomic mass is 127. The van der Waals surface area contributed by atoms with Crippen LogP contribution >= 0.6 is 24.0 Å². The average Bonchev–Trinajstić information content (AvgIpc) is 2.61. The molecule has 0 saturated carbocycles. The normalized spacial score (nSPS) is 11.9. The number of alkyl halides is 3. The van der Waals surface area contributed by atoms with E-state index < -0.39 is 12.8 Å². The first kappa shape index (κ1) is 25.7. The Morgan fingerprint density at radius 1 is 1.15 bits per heavy atom. The van der Waals surface area contributed by atoms with Crippen LogP contribution in [0, 0.1) is 0 Å². The number of rotatable bonds is 10. The van der Waals surface area contributed by atoms with Crippen molar-refractivity contribution < 1.29 is 22.6 Å². The fourth-order valence-corrected chi connectivity index (χ4v) is 2.00. The van der Waals surface area contributed by atoms with Crippen LogP contribution in [0.1, 0.15) is 5.56 Å². The monoisotopic (exact) mass is 504 g/mol. The van der Waals surface area contributed by atoms with Crippen LogP contribution < -0.4 is 15.4 Å². The van der Waals surface area contributed by atoms with E-state index in [2.05, 4.69) is 25.3 Å². The Bertz CT molecular complexity index is 542. The van der Waals surface area contributed by atoms with Crippen LogP contribution in [0.25, 0.3) is 0 Å². The van der Waals surface area contributed by atoms with Crippen molar-refractivity contribution in [1.29, 1.82) is 0 Å². The van der Waals surface area contributed by atoms with Crippen molar-refractivity contribution in [3.8, 4) is 5.75 Å². The molecule has 0 amide bonds. The van der Waals surface area contributed by atoms with Gasteiger partial charge >= 0.3 is 6.18 Å². The summed E-state index contributed by atoms with van der Waals surface area (Å²) in [6.07, 6.45) is -4.34. The van der Waals surface area contributed by atoms with E-state index in [0.717, 1.165) is 25.2 Å². The number of nitrogens with one attached hydrogen (secondary N) is 2. The van der Waals surface area contributed by atoms with Gasteiger partial charge in [0.15, 0.2) is 12.6 Å². The van der Waals surface area contributed by atoms with E-state index in [4.69, 9.17) is 4.74 Å². The number of guanidine groups is 1. The van der Waals surface area contributed by atoms with E-state index in [-0.39, 0.29) is 29.7 Å². The molecule has 10 heteroatoms. The molecular formula is C17H28F3IN4O2. The molecule has 0 aromatic heterocycles. The molecule has 0 fully saturated rings. The van der Waals surface area contributed by atoms with Crippen molar-refractivity contribution in [2.24, 2.45) is 4.99 Å². The molecule has 0 radical (unpaired) electrons. The highest BCUT2D eigenvalue weighted by Gasteiger charge is 2.28. The molecule has 0 bridgehead atoms. The summed E-state index contributed by atoms with van der Waals surface area (Å²) >= 11 is 0. The minimum Gasteiger partial charge on any atom is -0.484 e. The van der Waals surface area contributed by atoms with Gasteiger partial charge in [0.2, 0.25) is 0 Å². The number of hydrogen-bond acceptors (Lipinski definition) is 4. The van der Waals surface area contributed by atoms with E-state index >= 15 is 0 Å². The molecule has 0 unspecified atom stereocenters. The van der Waals surface area contributed by atoms with Crippen molar-refractivity contribution in [2.45, 2.75) is 12.7 Å². The van der Waals surface area contributed by atoms with Crippen LogP contribution in [0.5, 0.6) is 5.75 Å². The fourth-order valence-electron chi connectivity index (χ4n) is 2.00. The standard InChI is InChI=1S/C17H27F3N4O2.HI/c1-21-16(22-8-9-24(2)10-11-25-3)23-12-14-4-6-15(7-5-14)26-13-17(18,19)20;/h4-7H,8-13H2,1-3H3,(H2,21,22,23);1H. The van der Waals surface area contributed by atoms with Gasteiger partial charge in [0.25, 0.3) is 0 Å². The number of nitrogens with zero attached hydrogens (tertiary/aromatic N) is 2. The second-order valence-electron chi connectivity index (χ2n) is 5.70. The highest BCUT2D eigenvalue weighted by Crippen LogP contribution is 2.18. The Balaban J connectivity index is 0.00000676. The lowest BCUT2D eigenvalue weighted by Crippen LogP contribution is -2.41. The number of aliphatic imine (C=N–C) groups is 1. The van der Waals surface area contributed by atoms with Gasteiger partial charge in [-0.05, 0) is 24.7 Å². The lowest BCUT2D eigenvalue weighted by molar-refractivity contribution is -0.153. The van der Waals surface area contributed by atoms with Crippen molar-refractivity contribution in [3.05, 3.63) is 29.8 Å². The molecule has 1 rings (SSSR count). The summed E-state index contributed by atoms with van der Waals surface area (Å²) in [6, 6.07) is 6.46. The van der Waals surface area contributed by atoms with Crippen LogP contribution in [-0.2, 0) is 11.3 Å². The molecular weight excluding hydrogens is 476 g/mol. The first-order valence-electron chi connectivity index (χ1n) is 8.24. The van der Waals surface area contributed by atoms with Crippen LogP contribution in [-0.4, -0.2) is 71.1 Å². The Hall–Kier alpha value is -1.27. The summed E-state index contributed by atoms with van der Waals surface area (Å²) < 4.78 is 46.1. The zero-order valence-corrected chi connectivity index (χ0v) is 18.1. The van der Waals surface area contributed by atoms with Crippen LogP contribution in [0.3, 0.4) is 0 Å². The Labute approximate surface area is 175 Å². The third-order valence-electron chi connectivity index (χ3n) is 3.47. The van der Waals surface area contributed by atoms with Gasteiger partial charge in [-0.1, -0.05) is 12.1 Å². The summed E-state index contributed by atoms with van der Waals surface area (Å²) in [7, 11) is 5.37. The number of benzene rings is 1. The van der Waals surface area contributed by atoms with Crippen molar-refractivity contribution in [3.63, 3.8) is 0 Å². The van der Waals surface area contributed by atoms with Crippen molar-refractivity contribution in [1.82, 2.24) is 15.5 Å². The first-order chi connectivity index (χ1) is 12.3. The number of ether oxygens (including phenoxy) is 2. The van der Waals surface area contributed by atoms with Gasteiger partial charge in [0, 0.05) is 40.3 Å². The Kier molecular flexibility index (Phi) is 13.2. The molecule has 0 spiro atoms. The zero-order chi connectivity index (χ0) is 19.4. The summed E-state index contributed by atoms with van der Waals surface area (Å²) in [6.45, 7) is 2.32. The summed E-state index contributed by atoms with van der Waals surface area (Å²) in [5.41, 5.74) is 0.907. The van der Waals surface area contributed by atoms with E-state index in [9.17, 15) is 13.2 Å². The molecule has 0 aliphatic rings. The quantitative estimate of drug-likeness (QED) is 0.292. The van der Waals surface area contributed by atoms with Gasteiger partial charge in [-0.15, -0.1) is 24.0 Å². The van der Waals surface area contributed by atoms with Gasteiger partial charge in [0.1, 0.15) is 5.75 Å². The molecule has 2 N–H and O–H groups in total. The van der Waals surface area contributed by atoms with Gasteiger partial charge in [-0.25, -0.2) is 0 Å². The predicted octanol–water partition coefficient (Wildman–Crippen LogP) is 2.49. The molecule has 0 saturated heterocycles. The lowest BCUT2D eigenvalue weighted by atomic mass is 10.2. The van der Waals surface area contributed by atoms with Crippen LogP contribution in [0.2, 0.25) is 0 Å². The largest absolute Gasteiger partial charge is 0.484 e. The number of hydrogen-bond donors (Lipinski definition) is 2. The summed E-state index contributed by atoms with van der Waals surface area (Å²) in [5.74, 6) is 0.843. The molecule has 0 atom stereocenters. The summed E-state index contributed by atoms with van der Waals surface area (Å²) in [5, 5.41) is 6.36. The van der Waals surface area contributed by atoms with E-state index in [1.165, 1.54) is 12.1 Å². The first-order valence-corrected chi connectivity index (χ1v) is 8.24. The number of methoxy groups -OCH3 is 1. The molecule has 0 aliphatic carbocycles. The van der Waals surface area contributed by atoms with Gasteiger partial charge < -0.3 is 25.0 Å². The molecule has 27 heavy (non-hydrogen) atoms. The van der Waals surface area contributed by atoms with Gasteiger partial charge in [-0.3, -0.25) is 4.99 Å². The van der Waals surface area contributed by atoms with E-state index in [0.29, 0.717) is 19.1 Å². The van der Waals surface area contributed by atoms with Crippen molar-refractivity contribution >= 4 is 29.9 Å². The van der Waals surface area contributed by atoms with E-state index in [1.54, 1.807) is 26.3 Å². The lowest BCUT2D eigenvalue weighted by Gasteiger charge is -2.18. The number of likely N-dealkylation sites (N-methyl/N-ethyl adjacent to an activating group) is 1. The topological polar surface area (TPSA) is 58.1 Å². The van der Waals surface area contributed by atoms with Gasteiger partial charge in [-0.2, -0.15) is 13.2 Å². The summed E-state index contributed by atoms with van der Waals surface area (Å²) in [4.78, 5) is 6.28. The SMILES string of the molecule is CN=C(NCCN(C)CCOC)NCc1ccc(OCC(F)(F)F)cc1.I. The zero-order valence-electron chi connectivity index (χ0n) is 15.8. The minimum absolute atomic E-state index is 0. The maximum absolute atomic E-state index is 12.1. The molecule has 6 nitrogen and oxygen atoms in total. The number of halogens is 4.